The van der Waals surface area contributed by atoms with E-state index in [1.54, 1.807) is 6.92 Å². The molecule has 0 aliphatic carbocycles. The Balaban J connectivity index is 3.25. The molecule has 1 rings (SSSR count). The fourth-order valence-corrected chi connectivity index (χ4v) is 2.74. The highest BCUT2D eigenvalue weighted by Gasteiger charge is 2.51. The molecule has 1 aliphatic heterocycles. The lowest BCUT2D eigenvalue weighted by molar-refractivity contribution is -0.277. The topological polar surface area (TPSA) is 136 Å². The lowest BCUT2D eigenvalue weighted by Crippen LogP contribution is -2.66. The van der Waals surface area contributed by atoms with E-state index in [-0.39, 0.29) is 19.8 Å². The van der Waals surface area contributed by atoms with Gasteiger partial charge in [-0.05, 0) is 13.3 Å². The minimum absolute atomic E-state index is 0.112. The molecule has 0 saturated carbocycles. The van der Waals surface area contributed by atoms with Crippen molar-refractivity contribution in [1.29, 1.82) is 0 Å². The molecule has 1 aliphatic rings. The van der Waals surface area contributed by atoms with E-state index in [0.29, 0.717) is 6.42 Å². The number of esters is 3. The van der Waals surface area contributed by atoms with Crippen molar-refractivity contribution in [1.82, 2.24) is 5.32 Å². The van der Waals surface area contributed by atoms with Crippen molar-refractivity contribution in [2.45, 2.75) is 71.7 Å². The van der Waals surface area contributed by atoms with E-state index in [0.717, 1.165) is 0 Å². The number of carbonyl (C=O) groups excluding carboxylic acids is 4. The largest absolute Gasteiger partial charge is 0.463 e. The molecule has 166 valence electrons. The van der Waals surface area contributed by atoms with Crippen LogP contribution in [0.2, 0.25) is 0 Å². The molecule has 0 radical (unpaired) electrons. The maximum Gasteiger partial charge on any atom is 0.407 e. The van der Waals surface area contributed by atoms with Crippen molar-refractivity contribution in [3.63, 3.8) is 0 Å². The van der Waals surface area contributed by atoms with Crippen LogP contribution in [0.15, 0.2) is 0 Å². The van der Waals surface area contributed by atoms with E-state index in [4.69, 9.17) is 28.4 Å². The summed E-state index contributed by atoms with van der Waals surface area (Å²) in [6.45, 7) is 7.16. The minimum atomic E-state index is -1.17. The van der Waals surface area contributed by atoms with Gasteiger partial charge in [0.1, 0.15) is 18.8 Å². The van der Waals surface area contributed by atoms with Crippen LogP contribution >= 0.6 is 0 Å². The molecule has 5 atom stereocenters. The van der Waals surface area contributed by atoms with E-state index in [9.17, 15) is 19.2 Å². The fourth-order valence-electron chi connectivity index (χ4n) is 2.74. The maximum atomic E-state index is 12.0. The van der Waals surface area contributed by atoms with Gasteiger partial charge in [-0.3, -0.25) is 14.4 Å². The third-order valence-electron chi connectivity index (χ3n) is 3.75. The Labute approximate surface area is 169 Å². The number of ether oxygens (including phenoxy) is 6. The normalized spacial score (nSPS) is 26.2. The standard InChI is InChI=1S/C18H29NO10/c1-6-8-25-17-14(19-18(23)24-7-2)16(28-12(5)22)15(27-11(4)21)13(29-17)9-26-10(3)20/h13-17H,6-9H2,1-5H3,(H,19,23)/t13?,14?,15-,16-,17?/m0/s1. The van der Waals surface area contributed by atoms with Gasteiger partial charge in [0.15, 0.2) is 18.5 Å². The van der Waals surface area contributed by atoms with Crippen LogP contribution in [0.3, 0.4) is 0 Å². The zero-order valence-corrected chi connectivity index (χ0v) is 17.3. The first-order valence-corrected chi connectivity index (χ1v) is 9.37. The molecule has 0 bridgehead atoms. The summed E-state index contributed by atoms with van der Waals surface area (Å²) in [7, 11) is 0. The van der Waals surface area contributed by atoms with Crippen LogP contribution in [0.1, 0.15) is 41.0 Å². The summed E-state index contributed by atoms with van der Waals surface area (Å²) in [4.78, 5) is 46.6. The summed E-state index contributed by atoms with van der Waals surface area (Å²) < 4.78 is 32.0. The third-order valence-corrected chi connectivity index (χ3v) is 3.75. The quantitative estimate of drug-likeness (QED) is 0.420. The van der Waals surface area contributed by atoms with Gasteiger partial charge in [-0.15, -0.1) is 0 Å². The van der Waals surface area contributed by atoms with Crippen molar-refractivity contribution >= 4 is 24.0 Å². The molecule has 1 heterocycles. The maximum absolute atomic E-state index is 12.0. The zero-order valence-electron chi connectivity index (χ0n) is 17.3. The molecule has 0 aromatic carbocycles. The van der Waals surface area contributed by atoms with Crippen LogP contribution < -0.4 is 5.32 Å². The summed E-state index contributed by atoms with van der Waals surface area (Å²) >= 11 is 0. The van der Waals surface area contributed by atoms with Crippen molar-refractivity contribution in [2.75, 3.05) is 19.8 Å². The Morgan fingerprint density at radius 1 is 0.897 bits per heavy atom. The SMILES string of the molecule is CCCOC1OC(COC(C)=O)[C@H](OC(C)=O)[C@@H](OC(C)=O)C1NC(=O)OCC. The molecular formula is C18H29NO10. The first-order chi connectivity index (χ1) is 13.7. The molecule has 1 saturated heterocycles. The van der Waals surface area contributed by atoms with Gasteiger partial charge in [0, 0.05) is 27.4 Å². The Bertz CT molecular complexity index is 581. The molecule has 11 nitrogen and oxygen atoms in total. The molecule has 1 amide bonds. The van der Waals surface area contributed by atoms with E-state index >= 15 is 0 Å². The molecule has 0 aromatic rings. The number of nitrogens with one attached hydrogen (secondary N) is 1. The smallest absolute Gasteiger partial charge is 0.407 e. The van der Waals surface area contributed by atoms with Crippen LogP contribution in [0.25, 0.3) is 0 Å². The molecule has 1 N–H and O–H groups in total. The Morgan fingerprint density at radius 2 is 1.52 bits per heavy atom. The molecular weight excluding hydrogens is 390 g/mol. The van der Waals surface area contributed by atoms with Gasteiger partial charge in [-0.25, -0.2) is 4.79 Å². The van der Waals surface area contributed by atoms with E-state index in [2.05, 4.69) is 5.32 Å². The summed E-state index contributed by atoms with van der Waals surface area (Å²) in [5.74, 6) is -1.92. The Hall–Kier alpha value is -2.40. The van der Waals surface area contributed by atoms with Crippen LogP contribution in [-0.2, 0) is 42.8 Å². The second kappa shape index (κ2) is 12.2. The highest BCUT2D eigenvalue weighted by atomic mass is 16.7. The van der Waals surface area contributed by atoms with Gasteiger partial charge in [-0.2, -0.15) is 0 Å². The monoisotopic (exact) mass is 419 g/mol. The predicted octanol–water partition coefficient (Wildman–Crippen LogP) is 0.679. The number of alkyl carbamates (subject to hydrolysis) is 1. The van der Waals surface area contributed by atoms with Gasteiger partial charge in [0.05, 0.1) is 6.61 Å². The van der Waals surface area contributed by atoms with Crippen molar-refractivity contribution in [3.8, 4) is 0 Å². The van der Waals surface area contributed by atoms with Crippen LogP contribution in [0.5, 0.6) is 0 Å². The van der Waals surface area contributed by atoms with Gasteiger partial charge < -0.3 is 33.7 Å². The lowest BCUT2D eigenvalue weighted by Gasteiger charge is -2.44. The number of amides is 1. The summed E-state index contributed by atoms with van der Waals surface area (Å²) in [5.41, 5.74) is 0. The number of rotatable bonds is 9. The van der Waals surface area contributed by atoms with Gasteiger partial charge >= 0.3 is 24.0 Å². The van der Waals surface area contributed by atoms with Gasteiger partial charge in [0.2, 0.25) is 0 Å². The summed E-state index contributed by atoms with van der Waals surface area (Å²) in [6, 6.07) is -1.04. The van der Waals surface area contributed by atoms with Crippen LogP contribution in [0.4, 0.5) is 4.79 Å². The second-order valence-corrected chi connectivity index (χ2v) is 6.25. The Kier molecular flexibility index (Phi) is 10.4. The van der Waals surface area contributed by atoms with Crippen LogP contribution in [-0.4, -0.2) is 74.5 Å². The number of hydrogen-bond donors (Lipinski definition) is 1. The van der Waals surface area contributed by atoms with Crippen LogP contribution in [0, 0.1) is 0 Å². The first-order valence-electron chi connectivity index (χ1n) is 9.37. The third kappa shape index (κ3) is 8.24. The van der Waals surface area contributed by atoms with Crippen molar-refractivity contribution in [3.05, 3.63) is 0 Å². The van der Waals surface area contributed by atoms with E-state index < -0.39 is 54.6 Å². The van der Waals surface area contributed by atoms with Gasteiger partial charge in [0.25, 0.3) is 0 Å². The average molecular weight is 419 g/mol. The lowest BCUT2D eigenvalue weighted by atomic mass is 9.96. The number of carbonyl (C=O) groups is 4. The molecule has 3 unspecified atom stereocenters. The summed E-state index contributed by atoms with van der Waals surface area (Å²) in [6.07, 6.45) is -4.54. The predicted molar refractivity (Wildman–Crippen MR) is 96.6 cm³/mol. The molecule has 0 aromatic heterocycles. The zero-order chi connectivity index (χ0) is 22.0. The fraction of sp³-hybridized carbons (Fsp3) is 0.778. The highest BCUT2D eigenvalue weighted by molar-refractivity contribution is 5.69. The first kappa shape index (κ1) is 24.6. The van der Waals surface area contributed by atoms with E-state index in [1.807, 2.05) is 6.92 Å². The minimum Gasteiger partial charge on any atom is -0.463 e. The van der Waals surface area contributed by atoms with Crippen molar-refractivity contribution < 1.29 is 47.6 Å². The molecule has 29 heavy (non-hydrogen) atoms. The molecule has 11 heteroatoms. The van der Waals surface area contributed by atoms with E-state index in [1.165, 1.54) is 20.8 Å². The second-order valence-electron chi connectivity index (χ2n) is 6.25. The van der Waals surface area contributed by atoms with Gasteiger partial charge in [-0.1, -0.05) is 6.92 Å². The number of hydrogen-bond acceptors (Lipinski definition) is 10. The molecule has 1 fully saturated rings. The summed E-state index contributed by atoms with van der Waals surface area (Å²) in [5, 5.41) is 2.54. The van der Waals surface area contributed by atoms with Crippen molar-refractivity contribution in [2.24, 2.45) is 0 Å². The molecule has 0 spiro atoms. The average Bonchev–Trinajstić information content (AvgIpc) is 2.61. The Morgan fingerprint density at radius 3 is 2.03 bits per heavy atom. The highest BCUT2D eigenvalue weighted by Crippen LogP contribution is 2.28.